The smallest absolute Gasteiger partial charge is 0.314 e. The predicted octanol–water partition coefficient (Wildman–Crippen LogP) is 2.48. The van der Waals surface area contributed by atoms with Crippen molar-refractivity contribution >= 4 is 39.9 Å². The number of hydrogen-bond acceptors (Lipinski definition) is 7. The van der Waals surface area contributed by atoms with Gasteiger partial charge in [0.1, 0.15) is 5.82 Å². The second-order valence-corrected chi connectivity index (χ2v) is 8.11. The van der Waals surface area contributed by atoms with Crippen molar-refractivity contribution in [1.29, 1.82) is 0 Å². The van der Waals surface area contributed by atoms with Crippen molar-refractivity contribution in [3.63, 3.8) is 0 Å². The summed E-state index contributed by atoms with van der Waals surface area (Å²) in [5.74, 6) is -1.20. The molecule has 3 heterocycles. The number of nitrogen functional groups attached to an aromatic ring is 1. The minimum Gasteiger partial charge on any atom is -0.383 e. The van der Waals surface area contributed by atoms with E-state index in [1.165, 1.54) is 17.3 Å². The van der Waals surface area contributed by atoms with Crippen LogP contribution in [0.2, 0.25) is 0 Å². The van der Waals surface area contributed by atoms with Gasteiger partial charge in [-0.3, -0.25) is 19.7 Å². The third-order valence-electron chi connectivity index (χ3n) is 5.59. The van der Waals surface area contributed by atoms with Gasteiger partial charge < -0.3 is 20.9 Å². The summed E-state index contributed by atoms with van der Waals surface area (Å²) in [6.45, 7) is 2.43. The van der Waals surface area contributed by atoms with Crippen molar-refractivity contribution in [3.05, 3.63) is 71.8 Å². The van der Waals surface area contributed by atoms with E-state index < -0.39 is 11.8 Å². The van der Waals surface area contributed by atoms with Crippen molar-refractivity contribution in [2.75, 3.05) is 30.0 Å². The Morgan fingerprint density at radius 3 is 2.62 bits per heavy atom. The van der Waals surface area contributed by atoms with E-state index in [-0.39, 0.29) is 18.9 Å². The first kappa shape index (κ1) is 22.7. The number of hydrogen-bond donors (Lipinski definition) is 3. The number of aromatic amines is 1. The van der Waals surface area contributed by atoms with Crippen LogP contribution in [0.5, 0.6) is 0 Å². The monoisotopic (exact) mass is 458 g/mol. The molecule has 34 heavy (non-hydrogen) atoms. The molecule has 0 spiro atoms. The summed E-state index contributed by atoms with van der Waals surface area (Å²) >= 11 is 0. The average Bonchev–Trinajstić information content (AvgIpc) is 3.33. The van der Waals surface area contributed by atoms with E-state index in [1.807, 2.05) is 56.3 Å². The number of benzene rings is 1. The van der Waals surface area contributed by atoms with Gasteiger partial charge in [-0.2, -0.15) is 5.10 Å². The molecule has 0 aliphatic heterocycles. The SMILES string of the molecule is Cc1c(CN(Cc2ccccn2)C(=O)C(=O)Nc2cnc(N)c3cn[nH]c23)cccc1N(C)C. The number of aromatic nitrogens is 4. The Labute approximate surface area is 196 Å². The summed E-state index contributed by atoms with van der Waals surface area (Å²) in [5, 5.41) is 9.94. The van der Waals surface area contributed by atoms with Crippen LogP contribution in [0.25, 0.3) is 10.9 Å². The third kappa shape index (κ3) is 4.65. The Morgan fingerprint density at radius 1 is 1.06 bits per heavy atom. The zero-order chi connectivity index (χ0) is 24.2. The highest BCUT2D eigenvalue weighted by Gasteiger charge is 2.25. The van der Waals surface area contributed by atoms with Crippen LogP contribution in [0.3, 0.4) is 0 Å². The summed E-state index contributed by atoms with van der Waals surface area (Å²) in [6.07, 6.45) is 4.57. The molecule has 4 rings (SSSR count). The molecular formula is C24H26N8O2. The van der Waals surface area contributed by atoms with Gasteiger partial charge in [0, 0.05) is 32.5 Å². The molecule has 4 N–H and O–H groups in total. The first-order valence-corrected chi connectivity index (χ1v) is 10.7. The van der Waals surface area contributed by atoms with Crippen LogP contribution in [0.15, 0.2) is 55.0 Å². The molecule has 0 saturated carbocycles. The third-order valence-corrected chi connectivity index (χ3v) is 5.59. The highest BCUT2D eigenvalue weighted by atomic mass is 16.2. The van der Waals surface area contributed by atoms with Crippen LogP contribution in [0.1, 0.15) is 16.8 Å². The van der Waals surface area contributed by atoms with Crippen molar-refractivity contribution in [2.45, 2.75) is 20.0 Å². The Hall–Kier alpha value is -4.47. The standard InChI is InChI=1S/C24H26N8O2/c1-15-16(7-6-9-20(15)31(2)3)13-32(14-17-8-4-5-10-26-17)24(34)23(33)29-19-12-27-22(25)18-11-28-30-21(18)19/h4-12H,13-14H2,1-3H3,(H2,25,27)(H,28,30)(H,29,33). The maximum absolute atomic E-state index is 13.3. The summed E-state index contributed by atoms with van der Waals surface area (Å²) in [7, 11) is 3.93. The molecule has 1 aromatic carbocycles. The fourth-order valence-corrected chi connectivity index (χ4v) is 3.79. The summed E-state index contributed by atoms with van der Waals surface area (Å²) in [6, 6.07) is 11.4. The Morgan fingerprint density at radius 2 is 1.88 bits per heavy atom. The predicted molar refractivity (Wildman–Crippen MR) is 131 cm³/mol. The molecule has 0 radical (unpaired) electrons. The lowest BCUT2D eigenvalue weighted by atomic mass is 10.1. The van der Waals surface area contributed by atoms with Gasteiger partial charge in [0.25, 0.3) is 0 Å². The Balaban J connectivity index is 1.62. The highest BCUT2D eigenvalue weighted by Crippen LogP contribution is 2.25. The van der Waals surface area contributed by atoms with Crippen LogP contribution in [-0.4, -0.2) is 51.0 Å². The quantitative estimate of drug-likeness (QED) is 0.378. The van der Waals surface area contributed by atoms with Crippen molar-refractivity contribution in [3.8, 4) is 0 Å². The lowest BCUT2D eigenvalue weighted by Gasteiger charge is -2.25. The molecular weight excluding hydrogens is 432 g/mol. The maximum Gasteiger partial charge on any atom is 0.314 e. The van der Waals surface area contributed by atoms with Crippen LogP contribution in [0, 0.1) is 6.92 Å². The van der Waals surface area contributed by atoms with E-state index in [1.54, 1.807) is 12.3 Å². The molecule has 0 atom stereocenters. The highest BCUT2D eigenvalue weighted by molar-refractivity contribution is 6.40. The van der Waals surface area contributed by atoms with Gasteiger partial charge in [-0.25, -0.2) is 4.98 Å². The fraction of sp³-hybridized carbons (Fsp3) is 0.208. The van der Waals surface area contributed by atoms with E-state index in [2.05, 4.69) is 25.5 Å². The number of amides is 2. The van der Waals surface area contributed by atoms with Gasteiger partial charge in [-0.1, -0.05) is 18.2 Å². The van der Waals surface area contributed by atoms with E-state index in [0.29, 0.717) is 22.3 Å². The van der Waals surface area contributed by atoms with E-state index in [0.717, 1.165) is 16.8 Å². The molecule has 0 aliphatic rings. The van der Waals surface area contributed by atoms with Crippen molar-refractivity contribution < 1.29 is 9.59 Å². The van der Waals surface area contributed by atoms with E-state index in [4.69, 9.17) is 5.73 Å². The molecule has 0 saturated heterocycles. The minimum atomic E-state index is -0.792. The topological polar surface area (TPSA) is 133 Å². The number of fused-ring (bicyclic) bond motifs is 1. The van der Waals surface area contributed by atoms with Crippen LogP contribution in [-0.2, 0) is 22.7 Å². The number of nitrogens with zero attached hydrogens (tertiary/aromatic N) is 5. The number of H-pyrrole nitrogens is 1. The van der Waals surface area contributed by atoms with Gasteiger partial charge in [0.15, 0.2) is 0 Å². The van der Waals surface area contributed by atoms with Crippen molar-refractivity contribution in [2.24, 2.45) is 0 Å². The molecule has 2 amide bonds. The largest absolute Gasteiger partial charge is 0.383 e. The molecule has 10 heteroatoms. The van der Waals surface area contributed by atoms with E-state index in [9.17, 15) is 9.59 Å². The first-order chi connectivity index (χ1) is 16.3. The average molecular weight is 459 g/mol. The maximum atomic E-state index is 13.3. The second kappa shape index (κ2) is 9.57. The van der Waals surface area contributed by atoms with Gasteiger partial charge in [0.2, 0.25) is 0 Å². The van der Waals surface area contributed by atoms with E-state index >= 15 is 0 Å². The van der Waals surface area contributed by atoms with Gasteiger partial charge in [-0.15, -0.1) is 0 Å². The molecule has 0 unspecified atom stereocenters. The molecule has 4 aromatic rings. The van der Waals surface area contributed by atoms with Crippen LogP contribution >= 0.6 is 0 Å². The zero-order valence-corrected chi connectivity index (χ0v) is 19.2. The first-order valence-electron chi connectivity index (χ1n) is 10.7. The lowest BCUT2D eigenvalue weighted by Crippen LogP contribution is -2.39. The summed E-state index contributed by atoms with van der Waals surface area (Å²) in [4.78, 5) is 38.2. The lowest BCUT2D eigenvalue weighted by molar-refractivity contribution is -0.144. The Kier molecular flexibility index (Phi) is 6.39. The number of pyridine rings is 2. The number of rotatable bonds is 6. The number of anilines is 3. The van der Waals surface area contributed by atoms with Gasteiger partial charge in [0.05, 0.1) is 41.2 Å². The molecule has 0 bridgehead atoms. The fourth-order valence-electron chi connectivity index (χ4n) is 3.79. The molecule has 0 aliphatic carbocycles. The summed E-state index contributed by atoms with van der Waals surface area (Å²) in [5.41, 5.74) is 10.4. The molecule has 174 valence electrons. The van der Waals surface area contributed by atoms with Gasteiger partial charge >= 0.3 is 11.8 Å². The molecule has 0 fully saturated rings. The molecule has 3 aromatic heterocycles. The zero-order valence-electron chi connectivity index (χ0n) is 19.2. The van der Waals surface area contributed by atoms with Crippen LogP contribution in [0.4, 0.5) is 17.2 Å². The summed E-state index contributed by atoms with van der Waals surface area (Å²) < 4.78 is 0. The second-order valence-electron chi connectivity index (χ2n) is 8.11. The van der Waals surface area contributed by atoms with Crippen molar-refractivity contribution in [1.82, 2.24) is 25.1 Å². The number of carbonyl (C=O) groups is 2. The minimum absolute atomic E-state index is 0.179. The Bertz CT molecular complexity index is 1330. The molecule has 10 nitrogen and oxygen atoms in total. The van der Waals surface area contributed by atoms with Gasteiger partial charge in [-0.05, 0) is 36.2 Å². The number of carbonyl (C=O) groups excluding carboxylic acids is 2. The van der Waals surface area contributed by atoms with Crippen LogP contribution < -0.4 is 16.0 Å². The normalized spacial score (nSPS) is 10.8. The number of nitrogens with two attached hydrogens (primary N) is 1. The number of nitrogens with one attached hydrogen (secondary N) is 2.